The molecule has 1 aromatic carbocycles. The van der Waals surface area contributed by atoms with Crippen molar-refractivity contribution in [3.63, 3.8) is 0 Å². The highest BCUT2D eigenvalue weighted by atomic mass is 35.5. The summed E-state index contributed by atoms with van der Waals surface area (Å²) in [5.41, 5.74) is -0.462. The molecule has 1 amide bonds. The molecule has 146 valence electrons. The van der Waals surface area contributed by atoms with Crippen LogP contribution in [-0.2, 0) is 14.8 Å². The molecular formula is C17H23ClFNO5S. The van der Waals surface area contributed by atoms with Gasteiger partial charge in [-0.15, -0.1) is 0 Å². The number of ether oxygens (including phenoxy) is 2. The Labute approximate surface area is 158 Å². The number of carbonyl (C=O) groups excluding carboxylic acids is 1. The van der Waals surface area contributed by atoms with Crippen molar-refractivity contribution in [2.24, 2.45) is 5.92 Å². The lowest BCUT2D eigenvalue weighted by Crippen LogP contribution is -2.39. The number of nitrogens with one attached hydrogen (secondary N) is 1. The molecule has 0 heterocycles. The van der Waals surface area contributed by atoms with Crippen molar-refractivity contribution in [1.29, 1.82) is 0 Å². The Morgan fingerprint density at radius 2 is 2.04 bits per heavy atom. The highest BCUT2D eigenvalue weighted by Crippen LogP contribution is 2.30. The topological polar surface area (TPSA) is 81.7 Å². The summed E-state index contributed by atoms with van der Waals surface area (Å²) < 4.78 is 50.5. The predicted molar refractivity (Wildman–Crippen MR) is 96.6 cm³/mol. The number of sulfonamides is 1. The van der Waals surface area contributed by atoms with Crippen molar-refractivity contribution >= 4 is 27.5 Å². The number of halogens is 2. The van der Waals surface area contributed by atoms with Gasteiger partial charge in [0.15, 0.2) is 0 Å². The molecule has 1 fully saturated rings. The third kappa shape index (κ3) is 5.31. The Kier molecular flexibility index (Phi) is 7.25. The van der Waals surface area contributed by atoms with Crippen LogP contribution in [0.4, 0.5) is 4.39 Å². The van der Waals surface area contributed by atoms with Crippen LogP contribution in [0.2, 0.25) is 5.02 Å². The molecule has 0 unspecified atom stereocenters. The monoisotopic (exact) mass is 407 g/mol. The minimum Gasteiger partial charge on any atom is -0.492 e. The van der Waals surface area contributed by atoms with Gasteiger partial charge in [0.05, 0.1) is 23.8 Å². The van der Waals surface area contributed by atoms with Gasteiger partial charge in [-0.05, 0) is 31.7 Å². The molecule has 1 atom stereocenters. The Balaban J connectivity index is 2.09. The zero-order valence-corrected chi connectivity index (χ0v) is 16.3. The number of methoxy groups -OCH3 is 1. The van der Waals surface area contributed by atoms with Gasteiger partial charge in [-0.1, -0.05) is 24.4 Å². The first-order chi connectivity index (χ1) is 12.2. The third-order valence-corrected chi connectivity index (χ3v) is 6.34. The second-order valence-electron chi connectivity index (χ2n) is 6.47. The van der Waals surface area contributed by atoms with Crippen molar-refractivity contribution in [1.82, 2.24) is 4.72 Å². The Morgan fingerprint density at radius 1 is 1.38 bits per heavy atom. The fourth-order valence-electron chi connectivity index (χ4n) is 2.81. The van der Waals surface area contributed by atoms with Crippen LogP contribution in [0.5, 0.6) is 5.75 Å². The fourth-order valence-corrected chi connectivity index (χ4v) is 3.91. The van der Waals surface area contributed by atoms with Crippen molar-refractivity contribution in [3.05, 3.63) is 28.5 Å². The number of hydrogen-bond donors (Lipinski definition) is 1. The molecule has 2 rings (SSSR count). The van der Waals surface area contributed by atoms with Crippen LogP contribution < -0.4 is 9.46 Å². The van der Waals surface area contributed by atoms with Gasteiger partial charge in [-0.3, -0.25) is 4.79 Å². The first kappa shape index (κ1) is 20.9. The predicted octanol–water partition coefficient (Wildman–Crippen LogP) is 3.14. The highest BCUT2D eigenvalue weighted by molar-refractivity contribution is 7.90. The van der Waals surface area contributed by atoms with Crippen LogP contribution in [-0.4, -0.2) is 39.9 Å². The highest BCUT2D eigenvalue weighted by Gasteiger charge is 2.26. The first-order valence-corrected chi connectivity index (χ1v) is 10.3. The van der Waals surface area contributed by atoms with Gasteiger partial charge in [0.25, 0.3) is 5.91 Å². The molecule has 0 radical (unpaired) electrons. The van der Waals surface area contributed by atoms with E-state index in [1.54, 1.807) is 0 Å². The lowest BCUT2D eigenvalue weighted by Gasteiger charge is -2.15. The molecule has 0 bridgehead atoms. The zero-order chi connectivity index (χ0) is 19.3. The van der Waals surface area contributed by atoms with Crippen LogP contribution in [0.15, 0.2) is 12.1 Å². The lowest BCUT2D eigenvalue weighted by atomic mass is 10.1. The summed E-state index contributed by atoms with van der Waals surface area (Å²) in [5.74, 6) is -1.43. The number of amides is 1. The average Bonchev–Trinajstić information content (AvgIpc) is 3.08. The summed E-state index contributed by atoms with van der Waals surface area (Å²) in [4.78, 5) is 12.1. The number of benzene rings is 1. The maximum Gasteiger partial charge on any atom is 0.267 e. The molecular weight excluding hydrogens is 385 g/mol. The molecule has 0 aromatic heterocycles. The van der Waals surface area contributed by atoms with Crippen LogP contribution >= 0.6 is 11.6 Å². The summed E-state index contributed by atoms with van der Waals surface area (Å²) in [5, 5.41) is -0.916. The summed E-state index contributed by atoms with van der Waals surface area (Å²) in [6, 6.07) is 2.09. The SMILES string of the molecule is COC[C@@H](C)S(=O)(=O)NC(=O)c1cc(Cl)c(OCC2CCCC2)cc1F. The van der Waals surface area contributed by atoms with E-state index in [0.717, 1.165) is 37.8 Å². The Morgan fingerprint density at radius 3 is 2.65 bits per heavy atom. The first-order valence-electron chi connectivity index (χ1n) is 8.41. The molecule has 26 heavy (non-hydrogen) atoms. The van der Waals surface area contributed by atoms with Crippen LogP contribution in [0, 0.1) is 11.7 Å². The van der Waals surface area contributed by atoms with E-state index in [2.05, 4.69) is 0 Å². The zero-order valence-electron chi connectivity index (χ0n) is 14.8. The maximum absolute atomic E-state index is 14.3. The van der Waals surface area contributed by atoms with E-state index in [-0.39, 0.29) is 17.4 Å². The number of hydrogen-bond acceptors (Lipinski definition) is 5. The van der Waals surface area contributed by atoms with E-state index in [0.29, 0.717) is 12.5 Å². The van der Waals surface area contributed by atoms with Crippen molar-refractivity contribution < 1.29 is 27.1 Å². The Bertz CT molecular complexity index is 750. The summed E-state index contributed by atoms with van der Waals surface area (Å²) in [6.45, 7) is 1.72. The molecule has 1 N–H and O–H groups in total. The van der Waals surface area contributed by atoms with E-state index in [4.69, 9.17) is 21.1 Å². The standard InChI is InChI=1S/C17H23ClFNO5S/c1-11(9-24-2)26(22,23)20-17(21)13-7-14(18)16(8-15(13)19)25-10-12-5-3-4-6-12/h7-8,11-12H,3-6,9-10H2,1-2H3,(H,20,21)/t11-/m1/s1. The third-order valence-electron chi connectivity index (χ3n) is 4.38. The second kappa shape index (κ2) is 9.01. The molecule has 0 saturated heterocycles. The molecule has 1 saturated carbocycles. The van der Waals surface area contributed by atoms with E-state index >= 15 is 0 Å². The Hall–Kier alpha value is -1.38. The number of rotatable bonds is 8. The minimum absolute atomic E-state index is 0.0527. The molecule has 9 heteroatoms. The van der Waals surface area contributed by atoms with E-state index in [1.165, 1.54) is 14.0 Å². The molecule has 6 nitrogen and oxygen atoms in total. The van der Waals surface area contributed by atoms with E-state index < -0.39 is 32.6 Å². The second-order valence-corrected chi connectivity index (χ2v) is 8.97. The summed E-state index contributed by atoms with van der Waals surface area (Å²) >= 11 is 6.07. The average molecular weight is 408 g/mol. The molecule has 0 spiro atoms. The number of carbonyl (C=O) groups is 1. The summed E-state index contributed by atoms with van der Waals surface area (Å²) in [7, 11) is -2.65. The molecule has 1 aliphatic carbocycles. The van der Waals surface area contributed by atoms with Crippen LogP contribution in [0.1, 0.15) is 43.0 Å². The van der Waals surface area contributed by atoms with Crippen LogP contribution in [0.25, 0.3) is 0 Å². The van der Waals surface area contributed by atoms with Gasteiger partial charge in [0.1, 0.15) is 16.8 Å². The van der Waals surface area contributed by atoms with Crippen molar-refractivity contribution in [2.45, 2.75) is 37.9 Å². The van der Waals surface area contributed by atoms with Gasteiger partial charge >= 0.3 is 0 Å². The minimum atomic E-state index is -4.00. The summed E-state index contributed by atoms with van der Waals surface area (Å²) in [6.07, 6.45) is 4.45. The van der Waals surface area contributed by atoms with E-state index in [9.17, 15) is 17.6 Å². The smallest absolute Gasteiger partial charge is 0.267 e. The normalized spacial score (nSPS) is 16.5. The van der Waals surface area contributed by atoms with Crippen molar-refractivity contribution in [3.8, 4) is 5.75 Å². The maximum atomic E-state index is 14.3. The van der Waals surface area contributed by atoms with Gasteiger partial charge < -0.3 is 9.47 Å². The molecule has 1 aliphatic rings. The van der Waals surface area contributed by atoms with E-state index in [1.807, 2.05) is 4.72 Å². The molecule has 0 aliphatic heterocycles. The van der Waals surface area contributed by atoms with Crippen LogP contribution in [0.3, 0.4) is 0 Å². The lowest BCUT2D eigenvalue weighted by molar-refractivity contribution is 0.0976. The quantitative estimate of drug-likeness (QED) is 0.715. The van der Waals surface area contributed by atoms with Gasteiger partial charge in [-0.25, -0.2) is 17.5 Å². The fraction of sp³-hybridized carbons (Fsp3) is 0.588. The van der Waals surface area contributed by atoms with Gasteiger partial charge in [-0.2, -0.15) is 0 Å². The van der Waals surface area contributed by atoms with Gasteiger partial charge in [0, 0.05) is 13.2 Å². The van der Waals surface area contributed by atoms with Crippen molar-refractivity contribution in [2.75, 3.05) is 20.3 Å². The molecule has 1 aromatic rings. The van der Waals surface area contributed by atoms with Gasteiger partial charge in [0.2, 0.25) is 10.0 Å². The largest absolute Gasteiger partial charge is 0.492 e.